The third-order valence-electron chi connectivity index (χ3n) is 3.34. The van der Waals surface area contributed by atoms with Crippen LogP contribution in [0.5, 0.6) is 0 Å². The first-order valence-electron chi connectivity index (χ1n) is 7.08. The van der Waals surface area contributed by atoms with Gasteiger partial charge in [-0.3, -0.25) is 4.98 Å². The molecule has 0 bridgehead atoms. The Balaban J connectivity index is 1.75. The number of anilines is 2. The molecule has 1 N–H and O–H groups in total. The van der Waals surface area contributed by atoms with Crippen molar-refractivity contribution in [2.45, 2.75) is 0 Å². The van der Waals surface area contributed by atoms with E-state index in [0.717, 1.165) is 22.6 Å². The van der Waals surface area contributed by atoms with Crippen molar-refractivity contribution in [3.63, 3.8) is 0 Å². The number of aromatic nitrogens is 2. The second-order valence-corrected chi connectivity index (χ2v) is 4.87. The Hall–Kier alpha value is -3.21. The molecule has 0 aliphatic heterocycles. The normalized spacial score (nSPS) is 10.1. The maximum atomic E-state index is 11.4. The number of rotatable bonds is 4. The standard InChI is InChI=1S/C18H15N3O2/c1-23-18(22)14-6-4-13(5-7-14)15-8-9-17(20-11-15)21-16-3-2-10-19-12-16/h2-12H,1H3,(H,20,21). The van der Waals surface area contributed by atoms with Crippen LogP contribution >= 0.6 is 0 Å². The van der Waals surface area contributed by atoms with Crippen LogP contribution in [0.15, 0.2) is 67.1 Å². The number of ether oxygens (including phenoxy) is 1. The molecular formula is C18H15N3O2. The van der Waals surface area contributed by atoms with Crippen molar-refractivity contribution in [3.8, 4) is 11.1 Å². The molecule has 0 radical (unpaired) electrons. The second-order valence-electron chi connectivity index (χ2n) is 4.87. The molecule has 0 aliphatic rings. The molecule has 3 rings (SSSR count). The molecule has 0 fully saturated rings. The van der Waals surface area contributed by atoms with E-state index in [0.29, 0.717) is 5.56 Å². The zero-order chi connectivity index (χ0) is 16.1. The van der Waals surface area contributed by atoms with Gasteiger partial charge in [-0.25, -0.2) is 9.78 Å². The van der Waals surface area contributed by atoms with Crippen LogP contribution < -0.4 is 5.32 Å². The molecule has 114 valence electrons. The Bertz CT molecular complexity index is 785. The first kappa shape index (κ1) is 14.7. The summed E-state index contributed by atoms with van der Waals surface area (Å²) in [7, 11) is 1.37. The monoisotopic (exact) mass is 305 g/mol. The maximum Gasteiger partial charge on any atom is 0.337 e. The van der Waals surface area contributed by atoms with E-state index < -0.39 is 0 Å². The lowest BCUT2D eigenvalue weighted by molar-refractivity contribution is 0.0601. The Kier molecular flexibility index (Phi) is 4.29. The molecule has 0 atom stereocenters. The van der Waals surface area contributed by atoms with Gasteiger partial charge in [0.25, 0.3) is 0 Å². The number of hydrogen-bond acceptors (Lipinski definition) is 5. The highest BCUT2D eigenvalue weighted by molar-refractivity contribution is 5.89. The minimum absolute atomic E-state index is 0.342. The Morgan fingerprint density at radius 3 is 2.39 bits per heavy atom. The molecule has 0 spiro atoms. The third-order valence-corrected chi connectivity index (χ3v) is 3.34. The quantitative estimate of drug-likeness (QED) is 0.745. The third kappa shape index (κ3) is 3.52. The molecule has 0 amide bonds. The fraction of sp³-hybridized carbons (Fsp3) is 0.0556. The predicted molar refractivity (Wildman–Crippen MR) is 88.5 cm³/mol. The Morgan fingerprint density at radius 1 is 1.00 bits per heavy atom. The maximum absolute atomic E-state index is 11.4. The van der Waals surface area contributed by atoms with Gasteiger partial charge in [0.2, 0.25) is 0 Å². The van der Waals surface area contributed by atoms with Crippen molar-refractivity contribution in [1.29, 1.82) is 0 Å². The van der Waals surface area contributed by atoms with E-state index in [4.69, 9.17) is 0 Å². The van der Waals surface area contributed by atoms with Gasteiger partial charge in [-0.15, -0.1) is 0 Å². The first-order valence-corrected chi connectivity index (χ1v) is 7.08. The van der Waals surface area contributed by atoms with Crippen molar-refractivity contribution in [2.75, 3.05) is 12.4 Å². The minimum atomic E-state index is -0.342. The highest BCUT2D eigenvalue weighted by Gasteiger charge is 2.05. The number of nitrogens with zero attached hydrogens (tertiary/aromatic N) is 2. The summed E-state index contributed by atoms with van der Waals surface area (Å²) in [6, 6.07) is 14.9. The molecule has 5 nitrogen and oxygen atoms in total. The molecular weight excluding hydrogens is 290 g/mol. The van der Waals surface area contributed by atoms with Gasteiger partial charge in [-0.2, -0.15) is 0 Å². The molecule has 1 aromatic carbocycles. The van der Waals surface area contributed by atoms with Crippen molar-refractivity contribution < 1.29 is 9.53 Å². The predicted octanol–water partition coefficient (Wildman–Crippen LogP) is 3.67. The van der Waals surface area contributed by atoms with Crippen LogP contribution in [0.1, 0.15) is 10.4 Å². The van der Waals surface area contributed by atoms with Crippen LogP contribution in [0, 0.1) is 0 Å². The minimum Gasteiger partial charge on any atom is -0.465 e. The topological polar surface area (TPSA) is 64.1 Å². The van der Waals surface area contributed by atoms with Crippen LogP contribution in [0.25, 0.3) is 11.1 Å². The van der Waals surface area contributed by atoms with E-state index >= 15 is 0 Å². The summed E-state index contributed by atoms with van der Waals surface area (Å²) in [6.45, 7) is 0. The number of nitrogens with one attached hydrogen (secondary N) is 1. The van der Waals surface area contributed by atoms with Crippen LogP contribution in [-0.4, -0.2) is 23.0 Å². The van der Waals surface area contributed by atoms with Crippen molar-refractivity contribution >= 4 is 17.5 Å². The van der Waals surface area contributed by atoms with Gasteiger partial charge in [0, 0.05) is 18.0 Å². The van der Waals surface area contributed by atoms with Gasteiger partial charge in [0.15, 0.2) is 0 Å². The SMILES string of the molecule is COC(=O)c1ccc(-c2ccc(Nc3cccnc3)nc2)cc1. The molecule has 3 aromatic rings. The van der Waals surface area contributed by atoms with Crippen LogP contribution in [0.4, 0.5) is 11.5 Å². The van der Waals surface area contributed by atoms with Gasteiger partial charge in [0.05, 0.1) is 24.6 Å². The zero-order valence-corrected chi connectivity index (χ0v) is 12.6. The first-order chi connectivity index (χ1) is 11.3. The Morgan fingerprint density at radius 2 is 1.78 bits per heavy atom. The molecule has 23 heavy (non-hydrogen) atoms. The summed E-state index contributed by atoms with van der Waals surface area (Å²) in [5.41, 5.74) is 3.37. The van der Waals surface area contributed by atoms with Gasteiger partial charge >= 0.3 is 5.97 Å². The lowest BCUT2D eigenvalue weighted by Gasteiger charge is -2.07. The van der Waals surface area contributed by atoms with E-state index in [2.05, 4.69) is 20.0 Å². The van der Waals surface area contributed by atoms with Crippen molar-refractivity contribution in [3.05, 3.63) is 72.7 Å². The van der Waals surface area contributed by atoms with Gasteiger partial charge in [-0.05, 0) is 42.0 Å². The molecule has 2 heterocycles. The molecule has 0 saturated heterocycles. The fourth-order valence-electron chi connectivity index (χ4n) is 2.14. The average molecular weight is 305 g/mol. The summed E-state index contributed by atoms with van der Waals surface area (Å²) in [5, 5.41) is 3.18. The van der Waals surface area contributed by atoms with E-state index in [1.807, 2.05) is 36.4 Å². The van der Waals surface area contributed by atoms with Crippen molar-refractivity contribution in [2.24, 2.45) is 0 Å². The number of benzene rings is 1. The molecule has 5 heteroatoms. The zero-order valence-electron chi connectivity index (χ0n) is 12.6. The van der Waals surface area contributed by atoms with E-state index in [1.54, 1.807) is 30.7 Å². The summed E-state index contributed by atoms with van der Waals surface area (Å²) < 4.78 is 4.69. The second kappa shape index (κ2) is 6.70. The highest BCUT2D eigenvalue weighted by atomic mass is 16.5. The molecule has 0 unspecified atom stereocenters. The number of carbonyl (C=O) groups excluding carboxylic acids is 1. The van der Waals surface area contributed by atoms with E-state index in [9.17, 15) is 4.79 Å². The van der Waals surface area contributed by atoms with Gasteiger partial charge in [-0.1, -0.05) is 12.1 Å². The molecule has 2 aromatic heterocycles. The van der Waals surface area contributed by atoms with Gasteiger partial charge in [0.1, 0.15) is 5.82 Å². The average Bonchev–Trinajstić information content (AvgIpc) is 2.63. The van der Waals surface area contributed by atoms with E-state index in [-0.39, 0.29) is 5.97 Å². The fourth-order valence-corrected chi connectivity index (χ4v) is 2.14. The van der Waals surface area contributed by atoms with Crippen LogP contribution in [-0.2, 0) is 4.74 Å². The smallest absolute Gasteiger partial charge is 0.337 e. The van der Waals surface area contributed by atoms with E-state index in [1.165, 1.54) is 7.11 Å². The van der Waals surface area contributed by atoms with Gasteiger partial charge < -0.3 is 10.1 Å². The largest absolute Gasteiger partial charge is 0.465 e. The lowest BCUT2D eigenvalue weighted by Crippen LogP contribution is -2.00. The van der Waals surface area contributed by atoms with Crippen molar-refractivity contribution in [1.82, 2.24) is 9.97 Å². The lowest BCUT2D eigenvalue weighted by atomic mass is 10.1. The summed E-state index contributed by atoms with van der Waals surface area (Å²) >= 11 is 0. The molecule has 0 aliphatic carbocycles. The summed E-state index contributed by atoms with van der Waals surface area (Å²) in [6.07, 6.45) is 5.24. The Labute approximate surface area is 134 Å². The van der Waals surface area contributed by atoms with Crippen LogP contribution in [0.2, 0.25) is 0 Å². The number of hydrogen-bond donors (Lipinski definition) is 1. The summed E-state index contributed by atoms with van der Waals surface area (Å²) in [4.78, 5) is 19.9. The number of carbonyl (C=O) groups is 1. The van der Waals surface area contributed by atoms with Crippen LogP contribution in [0.3, 0.4) is 0 Å². The highest BCUT2D eigenvalue weighted by Crippen LogP contribution is 2.21. The number of methoxy groups -OCH3 is 1. The summed E-state index contributed by atoms with van der Waals surface area (Å²) in [5.74, 6) is 0.402. The number of pyridine rings is 2. The number of esters is 1. The molecule has 0 saturated carbocycles.